The van der Waals surface area contributed by atoms with Gasteiger partial charge < -0.3 is 13.9 Å². The van der Waals surface area contributed by atoms with Gasteiger partial charge in [0.2, 0.25) is 0 Å². The summed E-state index contributed by atoms with van der Waals surface area (Å²) in [6.45, 7) is 0.377. The maximum Gasteiger partial charge on any atom is 0.419 e. The summed E-state index contributed by atoms with van der Waals surface area (Å²) < 4.78 is 16.8. The van der Waals surface area contributed by atoms with Gasteiger partial charge in [-0.1, -0.05) is 17.7 Å². The predicted octanol–water partition coefficient (Wildman–Crippen LogP) is 2.79. The van der Waals surface area contributed by atoms with E-state index in [2.05, 4.69) is 9.72 Å². The van der Waals surface area contributed by atoms with Gasteiger partial charge in [0.1, 0.15) is 12.4 Å². The van der Waals surface area contributed by atoms with Gasteiger partial charge >= 0.3 is 11.7 Å². The lowest BCUT2D eigenvalue weighted by atomic mass is 10.3. The molecule has 0 unspecified atom stereocenters. The highest BCUT2D eigenvalue weighted by Gasteiger charge is 2.15. The fraction of sp³-hybridized carbons (Fsp3) is 0.235. The van der Waals surface area contributed by atoms with Crippen LogP contribution < -0.4 is 10.5 Å². The Balaban J connectivity index is 1.84. The van der Waals surface area contributed by atoms with E-state index in [4.69, 9.17) is 20.8 Å². The minimum absolute atomic E-state index is 0.0561. The molecular formula is C17H15ClN2O5. The number of ether oxygens (including phenoxy) is 2. The molecule has 0 fully saturated rings. The maximum atomic E-state index is 12.0. The molecular weight excluding hydrogens is 348 g/mol. The van der Waals surface area contributed by atoms with Crippen molar-refractivity contribution in [3.8, 4) is 5.75 Å². The minimum atomic E-state index is -0.572. The molecule has 25 heavy (non-hydrogen) atoms. The number of methoxy groups -OCH3 is 1. The summed E-state index contributed by atoms with van der Waals surface area (Å²) in [5.74, 6) is -0.604. The Kier molecular flexibility index (Phi) is 5.04. The summed E-state index contributed by atoms with van der Waals surface area (Å²) in [6, 6.07) is 8.63. The molecule has 0 saturated heterocycles. The molecule has 0 aliphatic carbocycles. The summed E-state index contributed by atoms with van der Waals surface area (Å²) >= 11 is 6.25. The van der Waals surface area contributed by atoms with Crippen LogP contribution in [0.25, 0.3) is 11.1 Å². The number of rotatable bonds is 6. The van der Waals surface area contributed by atoms with E-state index in [1.54, 1.807) is 18.3 Å². The molecule has 3 rings (SSSR count). The predicted molar refractivity (Wildman–Crippen MR) is 90.7 cm³/mol. The standard InChI is InChI=1S/C17H15ClN2O5/c1-23-16(21)5-7-20-13-8-12(18)14(9-15(13)25-17(20)22)24-10-11-4-2-3-6-19-11/h2-4,6,8-9H,5,7,10H2,1H3. The van der Waals surface area contributed by atoms with E-state index in [1.807, 2.05) is 18.2 Å². The van der Waals surface area contributed by atoms with Crippen molar-refractivity contribution in [3.63, 3.8) is 0 Å². The van der Waals surface area contributed by atoms with Crippen LogP contribution in [0.2, 0.25) is 5.02 Å². The molecule has 0 N–H and O–H groups in total. The van der Waals surface area contributed by atoms with Gasteiger partial charge in [-0.25, -0.2) is 4.79 Å². The van der Waals surface area contributed by atoms with Gasteiger partial charge in [-0.05, 0) is 18.2 Å². The molecule has 0 spiro atoms. The van der Waals surface area contributed by atoms with E-state index in [-0.39, 0.29) is 19.6 Å². The van der Waals surface area contributed by atoms with Crippen molar-refractivity contribution >= 4 is 28.7 Å². The average Bonchev–Trinajstić information content (AvgIpc) is 2.92. The lowest BCUT2D eigenvalue weighted by molar-refractivity contribution is -0.140. The molecule has 3 aromatic rings. The molecule has 0 amide bonds. The van der Waals surface area contributed by atoms with E-state index in [1.165, 1.54) is 11.7 Å². The monoisotopic (exact) mass is 362 g/mol. The lowest BCUT2D eigenvalue weighted by Gasteiger charge is -2.08. The normalized spacial score (nSPS) is 10.8. The van der Waals surface area contributed by atoms with Crippen LogP contribution in [0.4, 0.5) is 0 Å². The number of halogens is 1. The molecule has 8 heteroatoms. The van der Waals surface area contributed by atoms with Crippen molar-refractivity contribution in [2.75, 3.05) is 7.11 Å². The van der Waals surface area contributed by atoms with Crippen LogP contribution in [-0.2, 0) is 22.7 Å². The van der Waals surface area contributed by atoms with E-state index < -0.39 is 11.7 Å². The molecule has 2 heterocycles. The third-order valence-corrected chi connectivity index (χ3v) is 3.89. The number of fused-ring (bicyclic) bond motifs is 1. The topological polar surface area (TPSA) is 83.6 Å². The second-order valence-corrected chi connectivity index (χ2v) is 5.61. The van der Waals surface area contributed by atoms with Crippen LogP contribution >= 0.6 is 11.6 Å². The average molecular weight is 363 g/mol. The van der Waals surface area contributed by atoms with Crippen LogP contribution in [0.1, 0.15) is 12.1 Å². The van der Waals surface area contributed by atoms with Crippen molar-refractivity contribution < 1.29 is 18.7 Å². The summed E-state index contributed by atoms with van der Waals surface area (Å²) in [5, 5.41) is 0.330. The first-order valence-corrected chi connectivity index (χ1v) is 7.88. The van der Waals surface area contributed by atoms with E-state index in [0.717, 1.165) is 5.69 Å². The summed E-state index contributed by atoms with van der Waals surface area (Å²) in [5.41, 5.74) is 1.56. The third kappa shape index (κ3) is 3.83. The Hall–Kier alpha value is -2.80. The second-order valence-electron chi connectivity index (χ2n) is 5.21. The number of hydrogen-bond donors (Lipinski definition) is 0. The first-order valence-electron chi connectivity index (χ1n) is 7.51. The first-order chi connectivity index (χ1) is 12.1. The number of oxazole rings is 1. The molecule has 130 valence electrons. The van der Waals surface area contributed by atoms with Crippen LogP contribution in [0.5, 0.6) is 5.75 Å². The van der Waals surface area contributed by atoms with Crippen molar-refractivity contribution in [1.29, 1.82) is 0 Å². The molecule has 0 saturated carbocycles. The highest BCUT2D eigenvalue weighted by Crippen LogP contribution is 2.30. The number of esters is 1. The molecule has 0 aliphatic rings. The number of pyridine rings is 1. The van der Waals surface area contributed by atoms with Crippen molar-refractivity contribution in [3.05, 3.63) is 57.8 Å². The molecule has 0 bridgehead atoms. The maximum absolute atomic E-state index is 12.0. The minimum Gasteiger partial charge on any atom is -0.486 e. The van der Waals surface area contributed by atoms with Gasteiger partial charge in [0, 0.05) is 18.8 Å². The number of aryl methyl sites for hydroxylation is 1. The van der Waals surface area contributed by atoms with E-state index in [0.29, 0.717) is 21.9 Å². The number of carbonyl (C=O) groups excluding carboxylic acids is 1. The van der Waals surface area contributed by atoms with E-state index >= 15 is 0 Å². The largest absolute Gasteiger partial charge is 0.486 e. The van der Waals surface area contributed by atoms with Gasteiger partial charge in [-0.15, -0.1) is 0 Å². The molecule has 1 aromatic carbocycles. The number of hydrogen-bond acceptors (Lipinski definition) is 6. The smallest absolute Gasteiger partial charge is 0.419 e. The van der Waals surface area contributed by atoms with Crippen molar-refractivity contribution in [2.24, 2.45) is 0 Å². The van der Waals surface area contributed by atoms with E-state index in [9.17, 15) is 9.59 Å². The zero-order valence-electron chi connectivity index (χ0n) is 13.4. The van der Waals surface area contributed by atoms with Gasteiger partial charge in [-0.3, -0.25) is 14.3 Å². The Bertz CT molecular complexity index is 949. The van der Waals surface area contributed by atoms with Crippen LogP contribution in [0.15, 0.2) is 45.7 Å². The lowest BCUT2D eigenvalue weighted by Crippen LogP contribution is -2.16. The highest BCUT2D eigenvalue weighted by atomic mass is 35.5. The molecule has 0 radical (unpaired) electrons. The van der Waals surface area contributed by atoms with Crippen LogP contribution in [0, 0.1) is 0 Å². The molecule has 0 atom stereocenters. The molecule has 0 aliphatic heterocycles. The fourth-order valence-corrected chi connectivity index (χ4v) is 2.54. The Morgan fingerprint density at radius 3 is 2.92 bits per heavy atom. The molecule has 2 aromatic heterocycles. The van der Waals surface area contributed by atoms with Crippen molar-refractivity contribution in [1.82, 2.24) is 9.55 Å². The highest BCUT2D eigenvalue weighted by molar-refractivity contribution is 6.32. The Morgan fingerprint density at radius 1 is 1.36 bits per heavy atom. The summed E-state index contributed by atoms with van der Waals surface area (Å²) in [4.78, 5) is 27.4. The number of carbonyl (C=O) groups is 1. The van der Waals surface area contributed by atoms with Gasteiger partial charge in [0.05, 0.1) is 29.8 Å². The zero-order chi connectivity index (χ0) is 17.8. The second kappa shape index (κ2) is 7.40. The number of aromatic nitrogens is 2. The molecule has 7 nitrogen and oxygen atoms in total. The number of benzene rings is 1. The zero-order valence-corrected chi connectivity index (χ0v) is 14.2. The third-order valence-electron chi connectivity index (χ3n) is 3.59. The van der Waals surface area contributed by atoms with Gasteiger partial charge in [0.25, 0.3) is 0 Å². The van der Waals surface area contributed by atoms with Gasteiger partial charge in [-0.2, -0.15) is 0 Å². The van der Waals surface area contributed by atoms with Gasteiger partial charge in [0.15, 0.2) is 5.58 Å². The quantitative estimate of drug-likeness (QED) is 0.627. The summed E-state index contributed by atoms with van der Waals surface area (Å²) in [6.07, 6.45) is 1.73. The first kappa shape index (κ1) is 17.0. The number of nitrogens with zero attached hydrogens (tertiary/aromatic N) is 2. The van der Waals surface area contributed by atoms with Crippen LogP contribution in [0.3, 0.4) is 0 Å². The van der Waals surface area contributed by atoms with Crippen molar-refractivity contribution in [2.45, 2.75) is 19.6 Å². The Labute approximate surface area is 147 Å². The summed E-state index contributed by atoms with van der Waals surface area (Å²) in [7, 11) is 1.29. The Morgan fingerprint density at radius 2 is 2.20 bits per heavy atom. The van der Waals surface area contributed by atoms with Crippen LogP contribution in [-0.4, -0.2) is 22.6 Å². The SMILES string of the molecule is COC(=O)CCn1c(=O)oc2cc(OCc3ccccn3)c(Cl)cc21. The fourth-order valence-electron chi connectivity index (χ4n) is 2.33.